The molecule has 25 heavy (non-hydrogen) atoms. The van der Waals surface area contributed by atoms with Gasteiger partial charge in [-0.1, -0.05) is 0 Å². The van der Waals surface area contributed by atoms with Gasteiger partial charge in [0.15, 0.2) is 10.9 Å². The van der Waals surface area contributed by atoms with E-state index in [9.17, 15) is 0 Å². The fraction of sp³-hybridized carbons (Fsp3) is 0.438. The number of imidazole rings is 1. The maximum atomic E-state index is 4.68. The Kier molecular flexibility index (Phi) is 6.82. The summed E-state index contributed by atoms with van der Waals surface area (Å²) in [5.74, 6) is 0.788. The third kappa shape index (κ3) is 4.51. The van der Waals surface area contributed by atoms with Gasteiger partial charge in [0.25, 0.3) is 0 Å². The first-order chi connectivity index (χ1) is 11.6. The van der Waals surface area contributed by atoms with E-state index in [0.29, 0.717) is 13.1 Å². The van der Waals surface area contributed by atoms with Crippen LogP contribution in [0.1, 0.15) is 29.6 Å². The number of aliphatic imine (C=N–C) groups is 1. The van der Waals surface area contributed by atoms with Crippen molar-refractivity contribution < 1.29 is 0 Å². The van der Waals surface area contributed by atoms with Crippen molar-refractivity contribution in [3.8, 4) is 0 Å². The molecule has 3 aromatic rings. The number of guanidine groups is 1. The van der Waals surface area contributed by atoms with Crippen molar-refractivity contribution in [3.05, 3.63) is 40.4 Å². The van der Waals surface area contributed by atoms with Crippen molar-refractivity contribution >= 4 is 46.2 Å². The second kappa shape index (κ2) is 8.65. The number of aryl methyl sites for hydroxylation is 2. The molecule has 0 radical (unpaired) electrons. The van der Waals surface area contributed by atoms with Crippen LogP contribution in [-0.2, 0) is 20.1 Å². The fourth-order valence-electron chi connectivity index (χ4n) is 2.58. The Morgan fingerprint density at radius 3 is 2.76 bits per heavy atom. The lowest BCUT2D eigenvalue weighted by Crippen LogP contribution is -2.36. The quantitative estimate of drug-likeness (QED) is 0.340. The van der Waals surface area contributed by atoms with Crippen LogP contribution in [0.3, 0.4) is 0 Å². The fourth-order valence-corrected chi connectivity index (χ4v) is 3.30. The molecule has 0 aliphatic rings. The number of thiazole rings is 1. The van der Waals surface area contributed by atoms with E-state index in [-0.39, 0.29) is 24.0 Å². The Morgan fingerprint density at radius 2 is 2.12 bits per heavy atom. The number of halogens is 1. The standard InChI is InChI=1S/C16H23N7S.HI/c1-5-17-15(19-9-14-11(2)21-22(4)12(14)3)18-8-13-10-23-6-7-24-16(23)20-13;/h6-7,10H,5,8-9H2,1-4H3,(H2,17,18,19);1H. The van der Waals surface area contributed by atoms with Gasteiger partial charge in [-0.15, -0.1) is 35.3 Å². The van der Waals surface area contributed by atoms with Gasteiger partial charge in [0.2, 0.25) is 0 Å². The van der Waals surface area contributed by atoms with E-state index in [1.54, 1.807) is 11.3 Å². The topological polar surface area (TPSA) is 71.5 Å². The van der Waals surface area contributed by atoms with Gasteiger partial charge in [-0.05, 0) is 20.8 Å². The third-order valence-electron chi connectivity index (χ3n) is 3.98. The summed E-state index contributed by atoms with van der Waals surface area (Å²) in [6, 6.07) is 0. The molecule has 3 aromatic heterocycles. The summed E-state index contributed by atoms with van der Waals surface area (Å²) < 4.78 is 3.94. The van der Waals surface area contributed by atoms with Gasteiger partial charge in [0.05, 0.1) is 24.5 Å². The van der Waals surface area contributed by atoms with Gasteiger partial charge in [-0.3, -0.25) is 9.08 Å². The van der Waals surface area contributed by atoms with Crippen molar-refractivity contribution in [1.29, 1.82) is 0 Å². The van der Waals surface area contributed by atoms with Gasteiger partial charge in [0.1, 0.15) is 0 Å². The molecule has 0 aliphatic heterocycles. The van der Waals surface area contributed by atoms with E-state index in [0.717, 1.165) is 34.5 Å². The summed E-state index contributed by atoms with van der Waals surface area (Å²) in [5.41, 5.74) is 4.36. The molecule has 7 nitrogen and oxygen atoms in total. The molecule has 0 unspecified atom stereocenters. The van der Waals surface area contributed by atoms with Gasteiger partial charge in [0, 0.05) is 42.6 Å². The molecule has 136 valence electrons. The molecule has 0 saturated carbocycles. The summed E-state index contributed by atoms with van der Waals surface area (Å²) in [5, 5.41) is 13.1. The summed E-state index contributed by atoms with van der Waals surface area (Å²) in [6.07, 6.45) is 4.06. The monoisotopic (exact) mass is 473 g/mol. The van der Waals surface area contributed by atoms with Crippen molar-refractivity contribution in [3.63, 3.8) is 0 Å². The third-order valence-corrected chi connectivity index (χ3v) is 4.75. The molecule has 0 saturated heterocycles. The van der Waals surface area contributed by atoms with Crippen LogP contribution in [0.5, 0.6) is 0 Å². The zero-order valence-corrected chi connectivity index (χ0v) is 18.1. The Labute approximate surface area is 168 Å². The molecule has 0 fully saturated rings. The average molecular weight is 473 g/mol. The molecule has 0 aromatic carbocycles. The SMILES string of the molecule is CCNC(=NCc1c(C)nn(C)c1C)NCc1cn2ccsc2n1.I. The number of rotatable bonds is 5. The molecule has 3 rings (SSSR count). The first-order valence-electron chi connectivity index (χ1n) is 8.00. The van der Waals surface area contributed by atoms with Gasteiger partial charge in [-0.25, -0.2) is 9.98 Å². The van der Waals surface area contributed by atoms with E-state index in [4.69, 9.17) is 0 Å². The number of nitrogens with zero attached hydrogens (tertiary/aromatic N) is 5. The average Bonchev–Trinajstić information content (AvgIpc) is 3.18. The van der Waals surface area contributed by atoms with Crippen molar-refractivity contribution in [1.82, 2.24) is 29.8 Å². The summed E-state index contributed by atoms with van der Waals surface area (Å²) in [6.45, 7) is 8.23. The normalized spacial score (nSPS) is 11.6. The van der Waals surface area contributed by atoms with Crippen LogP contribution in [0.2, 0.25) is 0 Å². The number of hydrogen-bond donors (Lipinski definition) is 2. The predicted octanol–water partition coefficient (Wildman–Crippen LogP) is 2.62. The highest BCUT2D eigenvalue weighted by Crippen LogP contribution is 2.13. The van der Waals surface area contributed by atoms with Gasteiger partial charge < -0.3 is 10.6 Å². The zero-order chi connectivity index (χ0) is 17.1. The van der Waals surface area contributed by atoms with E-state index < -0.39 is 0 Å². The molecule has 9 heteroatoms. The predicted molar refractivity (Wildman–Crippen MR) is 113 cm³/mol. The molecular weight excluding hydrogens is 449 g/mol. The number of aromatic nitrogens is 4. The Bertz CT molecular complexity index is 833. The minimum Gasteiger partial charge on any atom is -0.357 e. The van der Waals surface area contributed by atoms with Gasteiger partial charge in [-0.2, -0.15) is 5.10 Å². The molecule has 0 aliphatic carbocycles. The summed E-state index contributed by atoms with van der Waals surface area (Å²) >= 11 is 1.63. The van der Waals surface area contributed by atoms with Crippen LogP contribution in [0.4, 0.5) is 0 Å². The van der Waals surface area contributed by atoms with Crippen molar-refractivity contribution in [2.45, 2.75) is 33.9 Å². The smallest absolute Gasteiger partial charge is 0.193 e. The van der Waals surface area contributed by atoms with E-state index >= 15 is 0 Å². The summed E-state index contributed by atoms with van der Waals surface area (Å²) in [4.78, 5) is 10.3. The molecule has 2 N–H and O–H groups in total. The Morgan fingerprint density at radius 1 is 1.32 bits per heavy atom. The highest BCUT2D eigenvalue weighted by Gasteiger charge is 2.09. The van der Waals surface area contributed by atoms with Crippen LogP contribution in [0, 0.1) is 13.8 Å². The van der Waals surface area contributed by atoms with E-state index in [2.05, 4.69) is 39.6 Å². The lowest BCUT2D eigenvalue weighted by Gasteiger charge is -2.10. The Balaban J connectivity index is 0.00000225. The first-order valence-corrected chi connectivity index (χ1v) is 8.88. The number of hydrogen-bond acceptors (Lipinski definition) is 4. The second-order valence-electron chi connectivity index (χ2n) is 5.65. The molecule has 0 bridgehead atoms. The second-order valence-corrected chi connectivity index (χ2v) is 6.52. The number of fused-ring (bicyclic) bond motifs is 1. The molecule has 0 atom stereocenters. The number of nitrogens with one attached hydrogen (secondary N) is 2. The van der Waals surface area contributed by atoms with Crippen LogP contribution in [0.15, 0.2) is 22.8 Å². The van der Waals surface area contributed by atoms with Crippen molar-refractivity contribution in [2.24, 2.45) is 12.0 Å². The molecule has 0 amide bonds. The molecule has 0 spiro atoms. The maximum absolute atomic E-state index is 4.68. The summed E-state index contributed by atoms with van der Waals surface area (Å²) in [7, 11) is 1.96. The lowest BCUT2D eigenvalue weighted by atomic mass is 10.2. The highest BCUT2D eigenvalue weighted by molar-refractivity contribution is 14.0. The van der Waals surface area contributed by atoms with Crippen LogP contribution < -0.4 is 10.6 Å². The van der Waals surface area contributed by atoms with E-state index in [1.807, 2.05) is 40.8 Å². The molecular formula is C16H24IN7S. The highest BCUT2D eigenvalue weighted by atomic mass is 127. The first kappa shape index (κ1) is 19.7. The van der Waals surface area contributed by atoms with Crippen LogP contribution >= 0.6 is 35.3 Å². The van der Waals surface area contributed by atoms with Gasteiger partial charge >= 0.3 is 0 Å². The largest absolute Gasteiger partial charge is 0.357 e. The Hall–Kier alpha value is -1.62. The maximum Gasteiger partial charge on any atom is 0.193 e. The van der Waals surface area contributed by atoms with Crippen LogP contribution in [0.25, 0.3) is 4.96 Å². The zero-order valence-electron chi connectivity index (χ0n) is 14.9. The lowest BCUT2D eigenvalue weighted by molar-refractivity contribution is 0.730. The van der Waals surface area contributed by atoms with E-state index in [1.165, 1.54) is 5.56 Å². The minimum atomic E-state index is 0. The minimum absolute atomic E-state index is 0. The molecule has 3 heterocycles. The van der Waals surface area contributed by atoms with Crippen LogP contribution in [-0.4, -0.2) is 31.7 Å². The van der Waals surface area contributed by atoms with Crippen molar-refractivity contribution in [2.75, 3.05) is 6.54 Å².